The van der Waals surface area contributed by atoms with Crippen LogP contribution in [0.1, 0.15) is 138 Å². The molecular formula is C43H68N6O7. The van der Waals surface area contributed by atoms with Crippen molar-refractivity contribution >= 4 is 41.4 Å². The second kappa shape index (κ2) is 17.0. The van der Waals surface area contributed by atoms with Crippen LogP contribution >= 0.6 is 0 Å². The molecule has 3 aliphatic carbocycles. The standard InChI is InChI=1S/C43H68N6O7/c1-9-11-15-29(34(52)37(54)44-22-10-2)45-36(53)33-27-16-19-43(20-21-43)28(27)25-49(33)38(55)35(42(8)17-13-12-14-18-42)47-39(56)46-30(40(3,4)5)26-48-31(50)23-41(6,7)24-32(48)51/h10,27-30,33,35H,2,9,11-26H2,1,3-8H3,(H,44,54)(H,45,53)(H2,46,47,56)/t27-,28-,29?,30+,33-,35+/m0/s1. The topological polar surface area (TPSA) is 174 Å². The van der Waals surface area contributed by atoms with E-state index in [1.807, 2.05) is 48.5 Å². The number of carbonyl (C=O) groups is 7. The van der Waals surface area contributed by atoms with Gasteiger partial charge in [0.05, 0.1) is 12.1 Å². The summed E-state index contributed by atoms with van der Waals surface area (Å²) in [5, 5.41) is 11.6. The molecule has 0 aromatic heterocycles. The van der Waals surface area contributed by atoms with Gasteiger partial charge in [0.1, 0.15) is 12.1 Å². The van der Waals surface area contributed by atoms with Crippen LogP contribution in [0.15, 0.2) is 12.7 Å². The van der Waals surface area contributed by atoms with E-state index in [1.165, 1.54) is 11.0 Å². The van der Waals surface area contributed by atoms with Crippen molar-refractivity contribution in [3.8, 4) is 0 Å². The van der Waals surface area contributed by atoms with E-state index in [-0.39, 0.29) is 60.9 Å². The number of unbranched alkanes of at least 4 members (excludes halogenated alkanes) is 1. The van der Waals surface area contributed by atoms with Gasteiger partial charge in [0.25, 0.3) is 5.91 Å². The van der Waals surface area contributed by atoms with Crippen molar-refractivity contribution in [2.45, 2.75) is 163 Å². The van der Waals surface area contributed by atoms with Gasteiger partial charge in [0.2, 0.25) is 29.4 Å². The van der Waals surface area contributed by atoms with Gasteiger partial charge in [0.15, 0.2) is 0 Å². The Morgan fingerprint density at radius 2 is 1.55 bits per heavy atom. The normalized spacial score (nSPS) is 26.4. The number of urea groups is 1. The molecule has 5 aliphatic rings. The summed E-state index contributed by atoms with van der Waals surface area (Å²) in [6.45, 7) is 17.8. The molecule has 7 amide bonds. The summed E-state index contributed by atoms with van der Waals surface area (Å²) in [7, 11) is 0. The number of hydrogen-bond donors (Lipinski definition) is 4. The molecule has 2 heterocycles. The van der Waals surface area contributed by atoms with Crippen LogP contribution in [0, 0.1) is 33.5 Å². The van der Waals surface area contributed by atoms with E-state index in [2.05, 4.69) is 27.8 Å². The molecule has 1 spiro atoms. The van der Waals surface area contributed by atoms with Gasteiger partial charge in [-0.1, -0.05) is 86.6 Å². The second-order valence-electron chi connectivity index (χ2n) is 19.8. The van der Waals surface area contributed by atoms with Crippen LogP contribution in [0.5, 0.6) is 0 Å². The van der Waals surface area contributed by atoms with Gasteiger partial charge in [-0.3, -0.25) is 33.7 Å². The lowest BCUT2D eigenvalue weighted by molar-refractivity contribution is -0.153. The zero-order chi connectivity index (χ0) is 41.2. The number of nitrogens with zero attached hydrogens (tertiary/aromatic N) is 2. The minimum atomic E-state index is -1.03. The molecule has 13 nitrogen and oxygen atoms in total. The van der Waals surface area contributed by atoms with Crippen molar-refractivity contribution in [2.24, 2.45) is 33.5 Å². The Hall–Kier alpha value is -3.77. The number of imide groups is 1. The molecule has 6 atom stereocenters. The molecule has 13 heteroatoms. The minimum absolute atomic E-state index is 0.0177. The smallest absolute Gasteiger partial charge is 0.315 e. The predicted octanol–water partition coefficient (Wildman–Crippen LogP) is 4.78. The molecule has 0 aromatic rings. The molecule has 56 heavy (non-hydrogen) atoms. The van der Waals surface area contributed by atoms with Gasteiger partial charge < -0.3 is 26.2 Å². The highest BCUT2D eigenvalue weighted by molar-refractivity contribution is 6.38. The van der Waals surface area contributed by atoms with E-state index >= 15 is 4.79 Å². The summed E-state index contributed by atoms with van der Waals surface area (Å²) in [5.41, 5.74) is -1.45. The Bertz CT molecular complexity index is 1540. The van der Waals surface area contributed by atoms with E-state index in [9.17, 15) is 28.8 Å². The maximum Gasteiger partial charge on any atom is 0.315 e. The number of fused-ring (bicyclic) bond motifs is 2. The van der Waals surface area contributed by atoms with Gasteiger partial charge in [0, 0.05) is 32.5 Å². The third-order valence-electron chi connectivity index (χ3n) is 13.8. The first-order chi connectivity index (χ1) is 26.3. The number of piperidine rings is 1. The number of carbonyl (C=O) groups excluding carboxylic acids is 7. The number of amides is 7. The molecule has 3 saturated carbocycles. The van der Waals surface area contributed by atoms with Crippen molar-refractivity contribution < 1.29 is 33.6 Å². The monoisotopic (exact) mass is 781 g/mol. The quantitative estimate of drug-likeness (QED) is 0.105. The molecule has 312 valence electrons. The minimum Gasteiger partial charge on any atom is -0.346 e. The number of nitrogens with one attached hydrogen (secondary N) is 4. The van der Waals surface area contributed by atoms with Crippen molar-refractivity contribution in [3.05, 3.63) is 12.7 Å². The molecule has 2 saturated heterocycles. The number of Topliss-reactive ketones (excluding diaryl/α,β-unsaturated/α-hetero) is 1. The lowest BCUT2D eigenvalue weighted by Gasteiger charge is -2.43. The van der Waals surface area contributed by atoms with E-state index in [0.29, 0.717) is 32.2 Å². The van der Waals surface area contributed by atoms with Crippen LogP contribution in [0.25, 0.3) is 0 Å². The number of rotatable bonds is 15. The maximum absolute atomic E-state index is 15.2. The van der Waals surface area contributed by atoms with Gasteiger partial charge in [-0.15, -0.1) is 6.58 Å². The van der Waals surface area contributed by atoms with E-state index in [1.54, 1.807) is 4.90 Å². The van der Waals surface area contributed by atoms with E-state index < -0.39 is 64.0 Å². The fraction of sp³-hybridized carbons (Fsp3) is 0.791. The van der Waals surface area contributed by atoms with Gasteiger partial charge in [-0.25, -0.2) is 4.79 Å². The summed E-state index contributed by atoms with van der Waals surface area (Å²) in [5.74, 6) is -2.75. The van der Waals surface area contributed by atoms with Crippen LogP contribution < -0.4 is 21.3 Å². The Balaban J connectivity index is 1.41. The highest BCUT2D eigenvalue weighted by Crippen LogP contribution is 2.66. The molecule has 1 unspecified atom stereocenters. The zero-order valence-corrected chi connectivity index (χ0v) is 35.0. The molecule has 0 radical (unpaired) electrons. The average molecular weight is 781 g/mol. The number of likely N-dealkylation sites (tertiary alicyclic amines) is 2. The first kappa shape index (κ1) is 43.4. The fourth-order valence-corrected chi connectivity index (χ4v) is 10.1. The van der Waals surface area contributed by atoms with E-state index in [4.69, 9.17) is 0 Å². The van der Waals surface area contributed by atoms with Crippen molar-refractivity contribution in [1.82, 2.24) is 31.1 Å². The molecule has 2 aliphatic heterocycles. The van der Waals surface area contributed by atoms with Crippen molar-refractivity contribution in [2.75, 3.05) is 19.6 Å². The summed E-state index contributed by atoms with van der Waals surface area (Å²) in [6.07, 6.45) is 11.8. The van der Waals surface area contributed by atoms with Crippen molar-refractivity contribution in [1.29, 1.82) is 0 Å². The Morgan fingerprint density at radius 3 is 2.12 bits per heavy atom. The summed E-state index contributed by atoms with van der Waals surface area (Å²) in [6, 6.07) is -4.00. The zero-order valence-electron chi connectivity index (χ0n) is 35.0. The number of hydrogen-bond acceptors (Lipinski definition) is 7. The van der Waals surface area contributed by atoms with E-state index in [0.717, 1.165) is 51.4 Å². The first-order valence-corrected chi connectivity index (χ1v) is 21.2. The molecule has 5 fully saturated rings. The molecule has 0 aromatic carbocycles. The molecule has 0 bridgehead atoms. The van der Waals surface area contributed by atoms with Crippen LogP contribution in [0.3, 0.4) is 0 Å². The third kappa shape index (κ3) is 9.50. The predicted molar refractivity (Wildman–Crippen MR) is 213 cm³/mol. The highest BCUT2D eigenvalue weighted by atomic mass is 16.2. The Labute approximate surface area is 333 Å². The van der Waals surface area contributed by atoms with Crippen LogP contribution in [-0.4, -0.2) is 95.0 Å². The second-order valence-corrected chi connectivity index (χ2v) is 19.8. The fourth-order valence-electron chi connectivity index (χ4n) is 10.1. The molecule has 5 rings (SSSR count). The Morgan fingerprint density at radius 1 is 0.911 bits per heavy atom. The van der Waals surface area contributed by atoms with Gasteiger partial charge in [-0.05, 0) is 78.4 Å². The lowest BCUT2D eigenvalue weighted by Crippen LogP contribution is -2.63. The summed E-state index contributed by atoms with van der Waals surface area (Å²) >= 11 is 0. The van der Waals surface area contributed by atoms with Crippen molar-refractivity contribution in [3.63, 3.8) is 0 Å². The highest BCUT2D eigenvalue weighted by Gasteiger charge is 2.64. The summed E-state index contributed by atoms with van der Waals surface area (Å²) < 4.78 is 0. The maximum atomic E-state index is 15.2. The van der Waals surface area contributed by atoms with Gasteiger partial charge in [-0.2, -0.15) is 0 Å². The van der Waals surface area contributed by atoms with Gasteiger partial charge >= 0.3 is 6.03 Å². The Kier molecular flexibility index (Phi) is 13.2. The lowest BCUT2D eigenvalue weighted by atomic mass is 9.70. The average Bonchev–Trinajstić information content (AvgIpc) is 3.69. The molecule has 4 N–H and O–H groups in total. The van der Waals surface area contributed by atoms with Crippen LogP contribution in [0.2, 0.25) is 0 Å². The number of ketones is 1. The SMILES string of the molecule is C=CCNC(=O)C(=O)C(CCCC)NC(=O)[C@@H]1[C@H]2CCC3(CC3)[C@H]2CN1C(=O)[C@@H](NC(=O)N[C@H](CN1C(=O)CC(C)(C)CC1=O)C(C)(C)C)C1(C)CCCCC1. The van der Waals surface area contributed by atoms with Crippen LogP contribution in [-0.2, 0) is 28.8 Å². The summed E-state index contributed by atoms with van der Waals surface area (Å²) in [4.78, 5) is 99.2. The van der Waals surface area contributed by atoms with Crippen LogP contribution in [0.4, 0.5) is 4.79 Å². The largest absolute Gasteiger partial charge is 0.346 e. The third-order valence-corrected chi connectivity index (χ3v) is 13.8. The first-order valence-electron chi connectivity index (χ1n) is 21.2. The molecular weight excluding hydrogens is 713 g/mol.